The van der Waals surface area contributed by atoms with Crippen LogP contribution in [0.25, 0.3) is 0 Å². The van der Waals surface area contributed by atoms with E-state index in [4.69, 9.17) is 9.84 Å². The molecule has 88 valence electrons. The molecule has 0 spiro atoms. The molecule has 1 aliphatic heterocycles. The molecule has 1 heterocycles. The van der Waals surface area contributed by atoms with Gasteiger partial charge in [0, 0.05) is 0 Å². The topological polar surface area (TPSA) is 46.5 Å². The lowest BCUT2D eigenvalue weighted by Crippen LogP contribution is -2.27. The summed E-state index contributed by atoms with van der Waals surface area (Å²) in [7, 11) is 0. The van der Waals surface area contributed by atoms with E-state index in [0.717, 1.165) is 12.8 Å². The van der Waals surface area contributed by atoms with Gasteiger partial charge in [0.15, 0.2) is 0 Å². The van der Waals surface area contributed by atoms with E-state index in [1.54, 1.807) is 0 Å². The van der Waals surface area contributed by atoms with E-state index in [1.165, 1.54) is 0 Å². The summed E-state index contributed by atoms with van der Waals surface area (Å²) in [6.07, 6.45) is 2.80. The third kappa shape index (κ3) is 3.49. The second kappa shape index (κ2) is 4.52. The maximum atomic E-state index is 11.0. The predicted octanol–water partition coefficient (Wildman–Crippen LogP) is 2.69. The molecular formula is C12H22O3. The highest BCUT2D eigenvalue weighted by atomic mass is 16.5. The van der Waals surface area contributed by atoms with Crippen molar-refractivity contribution >= 4 is 5.97 Å². The first-order valence-electron chi connectivity index (χ1n) is 5.72. The highest BCUT2D eigenvalue weighted by Gasteiger charge is 2.35. The molecule has 2 unspecified atom stereocenters. The second-order valence-corrected chi connectivity index (χ2v) is 5.46. The van der Waals surface area contributed by atoms with Gasteiger partial charge in [0.25, 0.3) is 0 Å². The van der Waals surface area contributed by atoms with Crippen LogP contribution < -0.4 is 0 Å². The molecule has 0 radical (unpaired) electrons. The lowest BCUT2D eigenvalue weighted by atomic mass is 9.89. The Labute approximate surface area is 91.8 Å². The van der Waals surface area contributed by atoms with Crippen LogP contribution in [0.1, 0.15) is 47.0 Å². The zero-order chi connectivity index (χ0) is 11.6. The molecule has 15 heavy (non-hydrogen) atoms. The number of rotatable bonds is 4. The molecule has 1 saturated heterocycles. The van der Waals surface area contributed by atoms with E-state index in [0.29, 0.717) is 6.42 Å². The molecule has 0 amide bonds. The number of carboxylic acids is 1. The number of carbonyl (C=O) groups is 1. The van der Waals surface area contributed by atoms with E-state index >= 15 is 0 Å². The normalized spacial score (nSPS) is 26.9. The zero-order valence-electron chi connectivity index (χ0n) is 10.1. The SMILES string of the molecule is CC(C)C(CC1CCC(C)(C)O1)C(=O)O. The van der Waals surface area contributed by atoms with Crippen molar-refractivity contribution in [3.8, 4) is 0 Å². The Morgan fingerprint density at radius 3 is 2.47 bits per heavy atom. The quantitative estimate of drug-likeness (QED) is 0.782. The van der Waals surface area contributed by atoms with Gasteiger partial charge in [0.05, 0.1) is 17.6 Å². The van der Waals surface area contributed by atoms with Crippen molar-refractivity contribution in [1.29, 1.82) is 0 Å². The van der Waals surface area contributed by atoms with E-state index in [-0.39, 0.29) is 23.5 Å². The highest BCUT2D eigenvalue weighted by Crippen LogP contribution is 2.33. The Kier molecular flexibility index (Phi) is 3.77. The molecule has 0 bridgehead atoms. The van der Waals surface area contributed by atoms with Crippen molar-refractivity contribution < 1.29 is 14.6 Å². The standard InChI is InChI=1S/C12H22O3/c1-8(2)10(11(13)14)7-9-5-6-12(3,4)15-9/h8-10H,5-7H2,1-4H3,(H,13,14). The number of hydrogen-bond donors (Lipinski definition) is 1. The Hall–Kier alpha value is -0.570. The number of ether oxygens (including phenoxy) is 1. The third-order valence-corrected chi connectivity index (χ3v) is 3.19. The highest BCUT2D eigenvalue weighted by molar-refractivity contribution is 5.70. The van der Waals surface area contributed by atoms with Gasteiger partial charge in [-0.05, 0) is 39.0 Å². The average molecular weight is 214 g/mol. The minimum Gasteiger partial charge on any atom is -0.481 e. The predicted molar refractivity (Wildman–Crippen MR) is 58.8 cm³/mol. The molecule has 0 saturated carbocycles. The maximum absolute atomic E-state index is 11.0. The molecular weight excluding hydrogens is 192 g/mol. The molecule has 1 rings (SSSR count). The van der Waals surface area contributed by atoms with Crippen LogP contribution in [-0.2, 0) is 9.53 Å². The Morgan fingerprint density at radius 2 is 2.13 bits per heavy atom. The first-order valence-corrected chi connectivity index (χ1v) is 5.72. The fourth-order valence-electron chi connectivity index (χ4n) is 2.18. The van der Waals surface area contributed by atoms with Gasteiger partial charge in [-0.2, -0.15) is 0 Å². The number of carboxylic acid groups (broad SMARTS) is 1. The molecule has 0 aromatic rings. The van der Waals surface area contributed by atoms with Gasteiger partial charge in [0.1, 0.15) is 0 Å². The molecule has 0 aromatic carbocycles. The molecule has 1 fully saturated rings. The minimum absolute atomic E-state index is 0.0648. The van der Waals surface area contributed by atoms with Crippen LogP contribution in [0, 0.1) is 11.8 Å². The van der Waals surface area contributed by atoms with Crippen molar-refractivity contribution in [2.45, 2.75) is 58.7 Å². The van der Waals surface area contributed by atoms with Crippen LogP contribution in [0.15, 0.2) is 0 Å². The van der Waals surface area contributed by atoms with Crippen molar-refractivity contribution in [3.63, 3.8) is 0 Å². The van der Waals surface area contributed by atoms with Gasteiger partial charge >= 0.3 is 5.97 Å². The van der Waals surface area contributed by atoms with E-state index in [1.807, 2.05) is 13.8 Å². The molecule has 2 atom stereocenters. The largest absolute Gasteiger partial charge is 0.481 e. The number of aliphatic carboxylic acids is 1. The monoisotopic (exact) mass is 214 g/mol. The summed E-state index contributed by atoms with van der Waals surface area (Å²) in [6.45, 7) is 8.05. The first-order chi connectivity index (χ1) is 6.82. The molecule has 3 nitrogen and oxygen atoms in total. The van der Waals surface area contributed by atoms with Crippen molar-refractivity contribution in [2.75, 3.05) is 0 Å². The second-order valence-electron chi connectivity index (χ2n) is 5.46. The van der Waals surface area contributed by atoms with Gasteiger partial charge in [-0.3, -0.25) is 4.79 Å². The van der Waals surface area contributed by atoms with Crippen LogP contribution >= 0.6 is 0 Å². The lowest BCUT2D eigenvalue weighted by molar-refractivity contribution is -0.145. The molecule has 1 aliphatic rings. The Balaban J connectivity index is 2.50. The Morgan fingerprint density at radius 1 is 1.53 bits per heavy atom. The van der Waals surface area contributed by atoms with Gasteiger partial charge in [0.2, 0.25) is 0 Å². The smallest absolute Gasteiger partial charge is 0.306 e. The first kappa shape index (κ1) is 12.5. The van der Waals surface area contributed by atoms with Crippen molar-refractivity contribution in [2.24, 2.45) is 11.8 Å². The van der Waals surface area contributed by atoms with Crippen molar-refractivity contribution in [3.05, 3.63) is 0 Å². The van der Waals surface area contributed by atoms with Crippen LogP contribution in [0.3, 0.4) is 0 Å². The van der Waals surface area contributed by atoms with Gasteiger partial charge < -0.3 is 9.84 Å². The van der Waals surface area contributed by atoms with E-state index in [9.17, 15) is 4.79 Å². The van der Waals surface area contributed by atoms with E-state index < -0.39 is 5.97 Å². The van der Waals surface area contributed by atoms with Crippen LogP contribution in [-0.4, -0.2) is 22.8 Å². The Bertz CT molecular complexity index is 233. The minimum atomic E-state index is -0.696. The van der Waals surface area contributed by atoms with Crippen LogP contribution in [0.2, 0.25) is 0 Å². The van der Waals surface area contributed by atoms with E-state index in [2.05, 4.69) is 13.8 Å². The molecule has 0 aromatic heterocycles. The fourth-order valence-corrected chi connectivity index (χ4v) is 2.18. The third-order valence-electron chi connectivity index (χ3n) is 3.19. The lowest BCUT2D eigenvalue weighted by Gasteiger charge is -2.23. The average Bonchev–Trinajstić information content (AvgIpc) is 2.40. The summed E-state index contributed by atoms with van der Waals surface area (Å²) in [5.41, 5.74) is -0.0648. The van der Waals surface area contributed by atoms with Gasteiger partial charge in [-0.25, -0.2) is 0 Å². The van der Waals surface area contributed by atoms with Crippen molar-refractivity contribution in [1.82, 2.24) is 0 Å². The summed E-state index contributed by atoms with van der Waals surface area (Å²) in [6, 6.07) is 0. The summed E-state index contributed by atoms with van der Waals surface area (Å²) in [5, 5.41) is 9.08. The molecule has 3 heteroatoms. The summed E-state index contributed by atoms with van der Waals surface area (Å²) in [4.78, 5) is 11.0. The fraction of sp³-hybridized carbons (Fsp3) is 0.917. The van der Waals surface area contributed by atoms with Crippen LogP contribution in [0.5, 0.6) is 0 Å². The summed E-state index contributed by atoms with van der Waals surface area (Å²) < 4.78 is 5.82. The molecule has 1 N–H and O–H groups in total. The summed E-state index contributed by atoms with van der Waals surface area (Å²) >= 11 is 0. The van der Waals surface area contributed by atoms with Gasteiger partial charge in [-0.1, -0.05) is 13.8 Å². The number of hydrogen-bond acceptors (Lipinski definition) is 2. The van der Waals surface area contributed by atoms with Crippen LogP contribution in [0.4, 0.5) is 0 Å². The summed E-state index contributed by atoms with van der Waals surface area (Å²) in [5.74, 6) is -0.794. The zero-order valence-corrected chi connectivity index (χ0v) is 10.1. The maximum Gasteiger partial charge on any atom is 0.306 e. The molecule has 0 aliphatic carbocycles. The van der Waals surface area contributed by atoms with Gasteiger partial charge in [-0.15, -0.1) is 0 Å².